The fraction of sp³-hybridized carbons (Fsp3) is 0.857. The molecule has 0 saturated carbocycles. The van der Waals surface area contributed by atoms with Crippen molar-refractivity contribution >= 4 is 5.91 Å². The van der Waals surface area contributed by atoms with Crippen LogP contribution in [-0.4, -0.2) is 36.5 Å². The summed E-state index contributed by atoms with van der Waals surface area (Å²) in [5.74, 6) is 0.236. The Balaban J connectivity index is 2.82. The summed E-state index contributed by atoms with van der Waals surface area (Å²) >= 11 is 0. The van der Waals surface area contributed by atoms with Crippen molar-refractivity contribution in [2.75, 3.05) is 19.6 Å². The number of hydrogen-bond acceptors (Lipinski definition) is 3. The van der Waals surface area contributed by atoms with E-state index in [0.717, 1.165) is 32.4 Å². The first-order chi connectivity index (χ1) is 8.57. The van der Waals surface area contributed by atoms with Crippen LogP contribution in [0.1, 0.15) is 46.5 Å². The maximum absolute atomic E-state index is 12.8. The Kier molecular flexibility index (Phi) is 5.61. The summed E-state index contributed by atoms with van der Waals surface area (Å²) < 4.78 is 0. The maximum Gasteiger partial charge on any atom is 0.230 e. The first-order valence-corrected chi connectivity index (χ1v) is 6.96. The van der Waals surface area contributed by atoms with E-state index in [9.17, 15) is 4.79 Å². The molecule has 1 aliphatic rings. The van der Waals surface area contributed by atoms with E-state index >= 15 is 0 Å². The SMILES string of the molecule is CCCC1(C(=O)N(CCC#N)C(C)C)CCNC1. The zero-order valence-electron chi connectivity index (χ0n) is 11.8. The van der Waals surface area contributed by atoms with Gasteiger partial charge in [-0.05, 0) is 33.2 Å². The largest absolute Gasteiger partial charge is 0.339 e. The zero-order chi connectivity index (χ0) is 13.6. The van der Waals surface area contributed by atoms with E-state index in [0.29, 0.717) is 13.0 Å². The fourth-order valence-electron chi connectivity index (χ4n) is 2.79. The van der Waals surface area contributed by atoms with E-state index in [-0.39, 0.29) is 17.4 Å². The second-order valence-corrected chi connectivity index (χ2v) is 5.46. The lowest BCUT2D eigenvalue weighted by Crippen LogP contribution is -2.48. The van der Waals surface area contributed by atoms with Gasteiger partial charge in [-0.25, -0.2) is 0 Å². The summed E-state index contributed by atoms with van der Waals surface area (Å²) in [6.45, 7) is 8.45. The van der Waals surface area contributed by atoms with Gasteiger partial charge in [0.2, 0.25) is 5.91 Å². The average molecular weight is 251 g/mol. The van der Waals surface area contributed by atoms with Gasteiger partial charge in [-0.15, -0.1) is 0 Å². The van der Waals surface area contributed by atoms with Crippen molar-refractivity contribution in [2.45, 2.75) is 52.5 Å². The highest BCUT2D eigenvalue weighted by Gasteiger charge is 2.43. The molecule has 1 N–H and O–H groups in total. The highest BCUT2D eigenvalue weighted by molar-refractivity contribution is 5.83. The molecule has 0 aromatic heterocycles. The highest BCUT2D eigenvalue weighted by Crippen LogP contribution is 2.34. The zero-order valence-corrected chi connectivity index (χ0v) is 11.8. The molecule has 4 heteroatoms. The average Bonchev–Trinajstić information content (AvgIpc) is 2.79. The van der Waals surface area contributed by atoms with Gasteiger partial charge in [-0.1, -0.05) is 13.3 Å². The number of amides is 1. The lowest BCUT2D eigenvalue weighted by Gasteiger charge is -2.36. The standard InChI is InChI=1S/C14H25N3O/c1-4-6-14(7-9-16-11-14)13(18)17(12(2)3)10-5-8-15/h12,16H,4-7,9-11H2,1-3H3. The van der Waals surface area contributed by atoms with Gasteiger partial charge in [0.15, 0.2) is 0 Å². The second-order valence-electron chi connectivity index (χ2n) is 5.46. The van der Waals surface area contributed by atoms with Crippen molar-refractivity contribution in [2.24, 2.45) is 5.41 Å². The van der Waals surface area contributed by atoms with E-state index in [2.05, 4.69) is 18.3 Å². The van der Waals surface area contributed by atoms with Crippen LogP contribution in [0.2, 0.25) is 0 Å². The quantitative estimate of drug-likeness (QED) is 0.784. The van der Waals surface area contributed by atoms with Crippen molar-refractivity contribution in [3.05, 3.63) is 0 Å². The minimum absolute atomic E-state index is 0.167. The van der Waals surface area contributed by atoms with Crippen LogP contribution in [0.25, 0.3) is 0 Å². The molecule has 0 spiro atoms. The van der Waals surface area contributed by atoms with Crippen LogP contribution < -0.4 is 5.32 Å². The number of carbonyl (C=O) groups excluding carboxylic acids is 1. The van der Waals surface area contributed by atoms with E-state index < -0.39 is 0 Å². The summed E-state index contributed by atoms with van der Waals surface area (Å²) in [6.07, 6.45) is 3.31. The van der Waals surface area contributed by atoms with Gasteiger partial charge >= 0.3 is 0 Å². The highest BCUT2D eigenvalue weighted by atomic mass is 16.2. The number of hydrogen-bond donors (Lipinski definition) is 1. The topological polar surface area (TPSA) is 56.1 Å². The Labute approximate surface area is 110 Å². The van der Waals surface area contributed by atoms with Crippen LogP contribution in [0.15, 0.2) is 0 Å². The molecule has 1 rings (SSSR count). The molecule has 1 fully saturated rings. The molecular weight excluding hydrogens is 226 g/mol. The third kappa shape index (κ3) is 3.23. The fourth-order valence-corrected chi connectivity index (χ4v) is 2.79. The number of nitrogens with one attached hydrogen (secondary N) is 1. The van der Waals surface area contributed by atoms with Crippen molar-refractivity contribution in [1.82, 2.24) is 10.2 Å². The Bertz CT molecular complexity index is 313. The lowest BCUT2D eigenvalue weighted by molar-refractivity contribution is -0.143. The molecule has 0 aliphatic carbocycles. The molecule has 1 amide bonds. The smallest absolute Gasteiger partial charge is 0.230 e. The number of nitriles is 1. The first kappa shape index (κ1) is 15.0. The monoisotopic (exact) mass is 251 g/mol. The van der Waals surface area contributed by atoms with Crippen LogP contribution in [0.3, 0.4) is 0 Å². The Hall–Kier alpha value is -1.08. The minimum atomic E-state index is -0.228. The Morgan fingerprint density at radius 2 is 2.28 bits per heavy atom. The molecule has 1 atom stereocenters. The number of rotatable bonds is 6. The van der Waals surface area contributed by atoms with Crippen LogP contribution >= 0.6 is 0 Å². The molecule has 102 valence electrons. The number of carbonyl (C=O) groups is 1. The van der Waals surface area contributed by atoms with Gasteiger partial charge in [0.1, 0.15) is 0 Å². The molecule has 1 unspecified atom stereocenters. The molecule has 0 bridgehead atoms. The summed E-state index contributed by atoms with van der Waals surface area (Å²) in [7, 11) is 0. The van der Waals surface area contributed by atoms with E-state index in [1.54, 1.807) is 0 Å². The molecular formula is C14H25N3O. The van der Waals surface area contributed by atoms with Gasteiger partial charge in [-0.2, -0.15) is 5.26 Å². The van der Waals surface area contributed by atoms with Crippen LogP contribution in [0, 0.1) is 16.7 Å². The van der Waals surface area contributed by atoms with Gasteiger partial charge in [0.25, 0.3) is 0 Å². The summed E-state index contributed by atoms with van der Waals surface area (Å²) in [6, 6.07) is 2.30. The summed E-state index contributed by atoms with van der Waals surface area (Å²) in [5, 5.41) is 12.0. The van der Waals surface area contributed by atoms with Crippen LogP contribution in [0.4, 0.5) is 0 Å². The van der Waals surface area contributed by atoms with E-state index in [1.807, 2.05) is 18.7 Å². The Morgan fingerprint density at radius 1 is 1.56 bits per heavy atom. The summed E-state index contributed by atoms with van der Waals surface area (Å²) in [5.41, 5.74) is -0.228. The molecule has 1 heterocycles. The third-order valence-corrected chi connectivity index (χ3v) is 3.77. The molecule has 0 aromatic rings. The van der Waals surface area contributed by atoms with E-state index in [4.69, 9.17) is 5.26 Å². The van der Waals surface area contributed by atoms with Crippen molar-refractivity contribution < 1.29 is 4.79 Å². The maximum atomic E-state index is 12.8. The van der Waals surface area contributed by atoms with Gasteiger partial charge in [0.05, 0.1) is 17.9 Å². The second kappa shape index (κ2) is 6.75. The Morgan fingerprint density at radius 3 is 2.72 bits per heavy atom. The minimum Gasteiger partial charge on any atom is -0.339 e. The molecule has 0 aromatic carbocycles. The molecule has 1 aliphatic heterocycles. The van der Waals surface area contributed by atoms with Gasteiger partial charge in [-0.3, -0.25) is 4.79 Å². The van der Waals surface area contributed by atoms with E-state index in [1.165, 1.54) is 0 Å². The molecule has 1 saturated heterocycles. The predicted octanol–water partition coefficient (Wildman–Crippen LogP) is 1.92. The lowest BCUT2D eigenvalue weighted by atomic mass is 9.80. The normalized spacial score (nSPS) is 23.1. The van der Waals surface area contributed by atoms with Gasteiger partial charge in [0, 0.05) is 19.1 Å². The first-order valence-electron chi connectivity index (χ1n) is 6.96. The van der Waals surface area contributed by atoms with Gasteiger partial charge < -0.3 is 10.2 Å². The molecule has 18 heavy (non-hydrogen) atoms. The van der Waals surface area contributed by atoms with Crippen molar-refractivity contribution in [3.8, 4) is 6.07 Å². The number of nitrogens with zero attached hydrogens (tertiary/aromatic N) is 2. The molecule has 4 nitrogen and oxygen atoms in total. The van der Waals surface area contributed by atoms with Crippen molar-refractivity contribution in [1.29, 1.82) is 5.26 Å². The predicted molar refractivity (Wildman–Crippen MR) is 71.9 cm³/mol. The van der Waals surface area contributed by atoms with Crippen LogP contribution in [-0.2, 0) is 4.79 Å². The molecule has 0 radical (unpaired) electrons. The van der Waals surface area contributed by atoms with Crippen molar-refractivity contribution in [3.63, 3.8) is 0 Å². The third-order valence-electron chi connectivity index (χ3n) is 3.77. The summed E-state index contributed by atoms with van der Waals surface area (Å²) in [4.78, 5) is 14.7. The van der Waals surface area contributed by atoms with Crippen LogP contribution in [0.5, 0.6) is 0 Å².